The van der Waals surface area contributed by atoms with Crippen molar-refractivity contribution in [3.8, 4) is 0 Å². The summed E-state index contributed by atoms with van der Waals surface area (Å²) in [7, 11) is 0. The molecule has 0 aromatic carbocycles. The molecule has 2 aliphatic rings. The number of anilines is 2. The van der Waals surface area contributed by atoms with Gasteiger partial charge in [0.05, 0.1) is 6.20 Å². The highest BCUT2D eigenvalue weighted by Gasteiger charge is 2.26. The van der Waals surface area contributed by atoms with Crippen LogP contribution in [-0.2, 0) is 0 Å². The number of pyridine rings is 1. The summed E-state index contributed by atoms with van der Waals surface area (Å²) in [5, 5.41) is 0.650. The quantitative estimate of drug-likeness (QED) is 0.822. The van der Waals surface area contributed by atoms with Gasteiger partial charge in [0.1, 0.15) is 17.2 Å². The van der Waals surface area contributed by atoms with Gasteiger partial charge in [0.15, 0.2) is 5.82 Å². The lowest BCUT2D eigenvalue weighted by atomic mass is 9.97. The van der Waals surface area contributed by atoms with E-state index in [2.05, 4.69) is 41.8 Å². The van der Waals surface area contributed by atoms with Crippen LogP contribution in [0.15, 0.2) is 36.9 Å². The van der Waals surface area contributed by atoms with Crippen LogP contribution in [-0.4, -0.2) is 65.7 Å². The molecular formula is C19H25ClN6. The zero-order chi connectivity index (χ0) is 17.8. The van der Waals surface area contributed by atoms with Crippen LogP contribution in [0.4, 0.5) is 11.6 Å². The fourth-order valence-corrected chi connectivity index (χ4v) is 4.24. The standard InChI is InChI=1S/C19H25ClN6/c20-17-12-21-15-23-19(17)26-7-3-4-16(14-26)13-24-8-10-25(11-9-24)18-5-1-2-6-22-18/h1-2,5-6,12,15-16H,3-4,7-11,13-14H2. The first kappa shape index (κ1) is 17.5. The molecule has 0 amide bonds. The summed E-state index contributed by atoms with van der Waals surface area (Å²) in [6.07, 6.45) is 7.61. The summed E-state index contributed by atoms with van der Waals surface area (Å²) in [6, 6.07) is 6.13. The summed E-state index contributed by atoms with van der Waals surface area (Å²) < 4.78 is 0. The van der Waals surface area contributed by atoms with Crippen molar-refractivity contribution < 1.29 is 0 Å². The van der Waals surface area contributed by atoms with E-state index in [9.17, 15) is 0 Å². The van der Waals surface area contributed by atoms with Crippen LogP contribution < -0.4 is 9.80 Å². The van der Waals surface area contributed by atoms with Crippen molar-refractivity contribution in [2.45, 2.75) is 12.8 Å². The predicted octanol–water partition coefficient (Wildman–Crippen LogP) is 2.56. The van der Waals surface area contributed by atoms with Gasteiger partial charge in [-0.2, -0.15) is 0 Å². The van der Waals surface area contributed by atoms with Gasteiger partial charge in [0.2, 0.25) is 0 Å². The van der Waals surface area contributed by atoms with Crippen LogP contribution in [0.2, 0.25) is 5.02 Å². The molecule has 0 aliphatic carbocycles. The molecule has 0 N–H and O–H groups in total. The summed E-state index contributed by atoms with van der Waals surface area (Å²) in [4.78, 5) is 20.1. The molecule has 1 unspecified atom stereocenters. The zero-order valence-corrected chi connectivity index (χ0v) is 15.7. The first-order valence-electron chi connectivity index (χ1n) is 9.38. The van der Waals surface area contributed by atoms with Crippen molar-refractivity contribution in [2.24, 2.45) is 5.92 Å². The lowest BCUT2D eigenvalue weighted by Gasteiger charge is -2.40. The highest BCUT2D eigenvalue weighted by molar-refractivity contribution is 6.32. The van der Waals surface area contributed by atoms with E-state index in [4.69, 9.17) is 11.6 Å². The fraction of sp³-hybridized carbons (Fsp3) is 0.526. The first-order chi connectivity index (χ1) is 12.8. The molecule has 2 aromatic heterocycles. The van der Waals surface area contributed by atoms with Crippen LogP contribution in [0, 0.1) is 5.92 Å². The summed E-state index contributed by atoms with van der Waals surface area (Å²) >= 11 is 6.28. The first-order valence-corrected chi connectivity index (χ1v) is 9.76. The Kier molecular flexibility index (Phi) is 5.51. The molecule has 2 aliphatic heterocycles. The van der Waals surface area contributed by atoms with E-state index >= 15 is 0 Å². The lowest BCUT2D eigenvalue weighted by Crippen LogP contribution is -2.50. The third-order valence-electron chi connectivity index (χ3n) is 5.33. The van der Waals surface area contributed by atoms with Gasteiger partial charge in [0, 0.05) is 52.0 Å². The third-order valence-corrected chi connectivity index (χ3v) is 5.60. The average Bonchev–Trinajstić information content (AvgIpc) is 2.70. The Hall–Kier alpha value is -1.92. The van der Waals surface area contributed by atoms with E-state index in [0.717, 1.165) is 57.4 Å². The molecule has 0 bridgehead atoms. The Balaban J connectivity index is 1.30. The largest absolute Gasteiger partial charge is 0.355 e. The Morgan fingerprint density at radius 2 is 1.92 bits per heavy atom. The van der Waals surface area contributed by atoms with Gasteiger partial charge in [-0.3, -0.25) is 4.90 Å². The fourth-order valence-electron chi connectivity index (χ4n) is 4.01. The second-order valence-corrected chi connectivity index (χ2v) is 7.53. The Morgan fingerprint density at radius 3 is 2.69 bits per heavy atom. The van der Waals surface area contributed by atoms with Gasteiger partial charge in [-0.15, -0.1) is 0 Å². The van der Waals surface area contributed by atoms with E-state index in [1.54, 1.807) is 12.5 Å². The number of rotatable bonds is 4. The third kappa shape index (κ3) is 4.07. The molecule has 2 aromatic rings. The van der Waals surface area contributed by atoms with Crippen molar-refractivity contribution in [2.75, 3.05) is 55.6 Å². The molecule has 1 atom stereocenters. The van der Waals surface area contributed by atoms with E-state index in [-0.39, 0.29) is 0 Å². The average molecular weight is 373 g/mol. The van der Waals surface area contributed by atoms with Gasteiger partial charge in [0.25, 0.3) is 0 Å². The number of hydrogen-bond acceptors (Lipinski definition) is 6. The molecule has 0 saturated carbocycles. The van der Waals surface area contributed by atoms with E-state index < -0.39 is 0 Å². The van der Waals surface area contributed by atoms with Gasteiger partial charge in [-0.1, -0.05) is 17.7 Å². The highest BCUT2D eigenvalue weighted by Crippen LogP contribution is 2.27. The molecule has 0 radical (unpaired) electrons. The monoisotopic (exact) mass is 372 g/mol. The van der Waals surface area contributed by atoms with Crippen molar-refractivity contribution >= 4 is 23.2 Å². The lowest BCUT2D eigenvalue weighted by molar-refractivity contribution is 0.205. The molecule has 138 valence electrons. The number of hydrogen-bond donors (Lipinski definition) is 0. The van der Waals surface area contributed by atoms with Crippen molar-refractivity contribution in [3.05, 3.63) is 41.9 Å². The normalized spacial score (nSPS) is 21.8. The molecule has 7 heteroatoms. The SMILES string of the molecule is Clc1cncnc1N1CCCC(CN2CCN(c3ccccn3)CC2)C1. The number of piperazine rings is 1. The zero-order valence-electron chi connectivity index (χ0n) is 15.0. The van der Waals surface area contributed by atoms with E-state index in [1.165, 1.54) is 12.8 Å². The van der Waals surface area contributed by atoms with Crippen molar-refractivity contribution in [1.29, 1.82) is 0 Å². The Labute approximate surface area is 159 Å². The maximum atomic E-state index is 6.28. The topological polar surface area (TPSA) is 48.4 Å². The number of nitrogens with zero attached hydrogens (tertiary/aromatic N) is 6. The van der Waals surface area contributed by atoms with Gasteiger partial charge in [-0.05, 0) is 30.9 Å². The van der Waals surface area contributed by atoms with Crippen molar-refractivity contribution in [3.63, 3.8) is 0 Å². The minimum atomic E-state index is 0.650. The molecule has 2 saturated heterocycles. The molecule has 6 nitrogen and oxygen atoms in total. The van der Waals surface area contributed by atoms with Gasteiger partial charge >= 0.3 is 0 Å². The highest BCUT2D eigenvalue weighted by atomic mass is 35.5. The van der Waals surface area contributed by atoms with Crippen LogP contribution in [0.5, 0.6) is 0 Å². The summed E-state index contributed by atoms with van der Waals surface area (Å²) in [6.45, 7) is 7.49. The number of aromatic nitrogens is 3. The van der Waals surface area contributed by atoms with Gasteiger partial charge < -0.3 is 9.80 Å². The van der Waals surface area contributed by atoms with Crippen LogP contribution in [0.1, 0.15) is 12.8 Å². The molecule has 0 spiro atoms. The molecular weight excluding hydrogens is 348 g/mol. The predicted molar refractivity (Wildman–Crippen MR) is 105 cm³/mol. The minimum absolute atomic E-state index is 0.650. The van der Waals surface area contributed by atoms with Crippen LogP contribution in [0.3, 0.4) is 0 Å². The minimum Gasteiger partial charge on any atom is -0.355 e. The Bertz CT molecular complexity index is 704. The number of halogens is 1. The second kappa shape index (κ2) is 8.18. The smallest absolute Gasteiger partial charge is 0.150 e. The Morgan fingerprint density at radius 1 is 1.04 bits per heavy atom. The molecule has 4 heterocycles. The molecule has 2 fully saturated rings. The summed E-state index contributed by atoms with van der Waals surface area (Å²) in [5.41, 5.74) is 0. The second-order valence-electron chi connectivity index (χ2n) is 7.12. The maximum Gasteiger partial charge on any atom is 0.150 e. The molecule has 26 heavy (non-hydrogen) atoms. The van der Waals surface area contributed by atoms with Gasteiger partial charge in [-0.25, -0.2) is 15.0 Å². The van der Waals surface area contributed by atoms with E-state index in [0.29, 0.717) is 10.9 Å². The number of piperidine rings is 1. The summed E-state index contributed by atoms with van der Waals surface area (Å²) in [5.74, 6) is 2.64. The van der Waals surface area contributed by atoms with E-state index in [1.807, 2.05) is 12.3 Å². The molecule has 4 rings (SSSR count). The van der Waals surface area contributed by atoms with Crippen LogP contribution >= 0.6 is 11.6 Å². The van der Waals surface area contributed by atoms with Crippen molar-refractivity contribution in [1.82, 2.24) is 19.9 Å². The van der Waals surface area contributed by atoms with Crippen LogP contribution in [0.25, 0.3) is 0 Å². The maximum absolute atomic E-state index is 6.28.